The number of esters is 1. The van der Waals surface area contributed by atoms with Gasteiger partial charge in [-0.1, -0.05) is 6.08 Å². The van der Waals surface area contributed by atoms with Gasteiger partial charge in [-0.05, 0) is 39.3 Å². The van der Waals surface area contributed by atoms with Crippen LogP contribution in [0.4, 0.5) is 0 Å². The highest BCUT2D eigenvalue weighted by Crippen LogP contribution is 2.40. The van der Waals surface area contributed by atoms with Crippen LogP contribution in [0.3, 0.4) is 0 Å². The normalized spacial score (nSPS) is 23.7. The molecule has 0 aromatic carbocycles. The highest BCUT2D eigenvalue weighted by Gasteiger charge is 2.52. The summed E-state index contributed by atoms with van der Waals surface area (Å²) in [6.07, 6.45) is 3.80. The van der Waals surface area contributed by atoms with Gasteiger partial charge in [0.15, 0.2) is 0 Å². The smallest absolute Gasteiger partial charge is 0.355 e. The first-order valence-electron chi connectivity index (χ1n) is 7.94. The maximum absolute atomic E-state index is 12.7. The van der Waals surface area contributed by atoms with E-state index in [2.05, 4.69) is 4.98 Å². The molecule has 0 spiro atoms. The van der Waals surface area contributed by atoms with Gasteiger partial charge in [0.25, 0.3) is 0 Å². The van der Waals surface area contributed by atoms with Gasteiger partial charge >= 0.3 is 5.97 Å². The molecule has 134 valence electrons. The van der Waals surface area contributed by atoms with E-state index in [1.807, 2.05) is 19.1 Å². The van der Waals surface area contributed by atoms with Crippen LogP contribution in [0.25, 0.3) is 6.08 Å². The number of rotatable bonds is 3. The molecule has 0 saturated carbocycles. The number of hydrogen-bond acceptors (Lipinski definition) is 7. The quantitative estimate of drug-likeness (QED) is 0.641. The molecule has 2 N–H and O–H groups in total. The van der Waals surface area contributed by atoms with Crippen molar-refractivity contribution >= 4 is 41.1 Å². The van der Waals surface area contributed by atoms with Gasteiger partial charge in [0.2, 0.25) is 5.91 Å². The zero-order chi connectivity index (χ0) is 18.4. The fraction of sp³-hybridized carbons (Fsp3) is 0.471. The Morgan fingerprint density at radius 2 is 2.16 bits per heavy atom. The number of carbonyl (C=O) groups is 2. The summed E-state index contributed by atoms with van der Waals surface area (Å²) in [4.78, 5) is 31.7. The van der Waals surface area contributed by atoms with Crippen LogP contribution in [0, 0.1) is 6.92 Å². The average molecular weight is 380 g/mol. The molecule has 2 atom stereocenters. The van der Waals surface area contributed by atoms with Gasteiger partial charge < -0.3 is 10.5 Å². The van der Waals surface area contributed by atoms with Crippen LogP contribution < -0.4 is 5.73 Å². The average Bonchev–Trinajstić information content (AvgIpc) is 2.94. The van der Waals surface area contributed by atoms with Gasteiger partial charge in [-0.2, -0.15) is 0 Å². The van der Waals surface area contributed by atoms with Gasteiger partial charge in [-0.3, -0.25) is 9.69 Å². The number of fused-ring (bicyclic) bond motifs is 1. The summed E-state index contributed by atoms with van der Waals surface area (Å²) in [5.74, 6) is -0.123. The van der Waals surface area contributed by atoms with E-state index in [0.29, 0.717) is 11.4 Å². The van der Waals surface area contributed by atoms with Gasteiger partial charge in [0, 0.05) is 10.6 Å². The Balaban J connectivity index is 1.97. The number of amides is 1. The summed E-state index contributed by atoms with van der Waals surface area (Å²) in [6, 6.07) is -0.559. The topological polar surface area (TPSA) is 85.5 Å². The van der Waals surface area contributed by atoms with Crippen molar-refractivity contribution in [3.63, 3.8) is 0 Å². The molecule has 2 aliphatic heterocycles. The lowest BCUT2D eigenvalue weighted by atomic mass is 10.0. The number of thiazole rings is 1. The predicted molar refractivity (Wildman–Crippen MR) is 99.8 cm³/mol. The maximum Gasteiger partial charge on any atom is 0.355 e. The first-order chi connectivity index (χ1) is 11.7. The third-order valence-electron chi connectivity index (χ3n) is 3.85. The zero-order valence-electron chi connectivity index (χ0n) is 14.6. The zero-order valence-corrected chi connectivity index (χ0v) is 16.2. The Kier molecular flexibility index (Phi) is 4.78. The second-order valence-corrected chi connectivity index (χ2v) is 8.94. The molecule has 0 bridgehead atoms. The van der Waals surface area contributed by atoms with Crippen LogP contribution in [0.2, 0.25) is 0 Å². The summed E-state index contributed by atoms with van der Waals surface area (Å²) in [6.45, 7) is 7.35. The van der Waals surface area contributed by atoms with Crippen molar-refractivity contribution in [1.82, 2.24) is 9.88 Å². The van der Waals surface area contributed by atoms with Crippen molar-refractivity contribution in [1.29, 1.82) is 0 Å². The number of carbonyl (C=O) groups excluding carboxylic acids is 2. The monoisotopic (exact) mass is 379 g/mol. The van der Waals surface area contributed by atoms with E-state index in [4.69, 9.17) is 10.5 Å². The second kappa shape index (κ2) is 6.59. The van der Waals surface area contributed by atoms with Crippen LogP contribution in [-0.4, -0.2) is 44.5 Å². The van der Waals surface area contributed by atoms with E-state index < -0.39 is 17.6 Å². The fourth-order valence-corrected chi connectivity index (χ4v) is 4.59. The Morgan fingerprint density at radius 3 is 2.76 bits per heavy atom. The summed E-state index contributed by atoms with van der Waals surface area (Å²) in [7, 11) is 0. The van der Waals surface area contributed by atoms with Gasteiger partial charge in [-0.15, -0.1) is 23.1 Å². The van der Waals surface area contributed by atoms with Crippen LogP contribution in [-0.2, 0) is 14.3 Å². The number of allylic oxidation sites excluding steroid dienone is 1. The van der Waals surface area contributed by atoms with Crippen LogP contribution >= 0.6 is 23.1 Å². The van der Waals surface area contributed by atoms with Crippen LogP contribution in [0.5, 0.6) is 0 Å². The van der Waals surface area contributed by atoms with E-state index in [-0.39, 0.29) is 11.3 Å². The van der Waals surface area contributed by atoms with Crippen molar-refractivity contribution in [2.75, 3.05) is 5.75 Å². The number of aryl methyl sites for hydroxylation is 1. The third kappa shape index (κ3) is 3.51. The molecule has 1 amide bonds. The highest BCUT2D eigenvalue weighted by molar-refractivity contribution is 8.00. The molecule has 2 aliphatic rings. The first-order valence-corrected chi connectivity index (χ1v) is 9.87. The van der Waals surface area contributed by atoms with Crippen molar-refractivity contribution in [2.45, 2.75) is 44.7 Å². The molecule has 1 saturated heterocycles. The number of nitrogens with two attached hydrogens (primary N) is 1. The largest absolute Gasteiger partial charge is 0.455 e. The number of aromatic nitrogens is 1. The minimum Gasteiger partial charge on any atom is -0.455 e. The van der Waals surface area contributed by atoms with E-state index in [1.54, 1.807) is 38.0 Å². The van der Waals surface area contributed by atoms with E-state index in [9.17, 15) is 9.59 Å². The lowest BCUT2D eigenvalue weighted by molar-refractivity contribution is -0.157. The van der Waals surface area contributed by atoms with Crippen molar-refractivity contribution < 1.29 is 14.3 Å². The van der Waals surface area contributed by atoms with Crippen molar-refractivity contribution in [2.24, 2.45) is 5.73 Å². The summed E-state index contributed by atoms with van der Waals surface area (Å²) in [5, 5.41) is -0.197. The second-order valence-electron chi connectivity index (χ2n) is 6.95. The molecule has 0 radical (unpaired) electrons. The number of ether oxygens (including phenoxy) is 1. The van der Waals surface area contributed by atoms with Crippen molar-refractivity contribution in [3.8, 4) is 0 Å². The SMILES string of the molecule is Cc1ncsc1/C=C\C1=C(C(=O)OC(C)(C)C)N2C(=O)[C@@H](N)[C@H]2SC1. The Bertz CT molecular complexity index is 776. The molecule has 6 nitrogen and oxygen atoms in total. The molecule has 25 heavy (non-hydrogen) atoms. The van der Waals surface area contributed by atoms with Gasteiger partial charge in [-0.25, -0.2) is 9.78 Å². The van der Waals surface area contributed by atoms with E-state index >= 15 is 0 Å². The molecule has 3 rings (SSSR count). The summed E-state index contributed by atoms with van der Waals surface area (Å²) < 4.78 is 5.52. The molecule has 3 heterocycles. The molecule has 8 heteroatoms. The Morgan fingerprint density at radius 1 is 1.44 bits per heavy atom. The third-order valence-corrected chi connectivity index (χ3v) is 6.07. The van der Waals surface area contributed by atoms with E-state index in [0.717, 1.165) is 16.1 Å². The lowest BCUT2D eigenvalue weighted by Gasteiger charge is -2.48. The number of nitrogens with zero attached hydrogens (tertiary/aromatic N) is 2. The highest BCUT2D eigenvalue weighted by atomic mass is 32.2. The fourth-order valence-electron chi connectivity index (χ4n) is 2.63. The van der Waals surface area contributed by atoms with Crippen LogP contribution in [0.15, 0.2) is 22.9 Å². The molecular weight excluding hydrogens is 358 g/mol. The van der Waals surface area contributed by atoms with Crippen LogP contribution in [0.1, 0.15) is 31.3 Å². The number of hydrogen-bond donors (Lipinski definition) is 1. The van der Waals surface area contributed by atoms with Gasteiger partial charge in [0.1, 0.15) is 22.7 Å². The molecule has 0 aliphatic carbocycles. The molecular formula is C17H21N3O3S2. The Labute approximate surface area is 155 Å². The Hall–Kier alpha value is -1.64. The summed E-state index contributed by atoms with van der Waals surface area (Å²) >= 11 is 3.09. The number of β-lactam (4-membered cyclic amide) rings is 1. The molecule has 1 aromatic heterocycles. The molecule has 1 fully saturated rings. The summed E-state index contributed by atoms with van der Waals surface area (Å²) in [5.41, 5.74) is 9.03. The van der Waals surface area contributed by atoms with Gasteiger partial charge in [0.05, 0.1) is 11.2 Å². The van der Waals surface area contributed by atoms with Crippen molar-refractivity contribution in [3.05, 3.63) is 33.4 Å². The first kappa shape index (κ1) is 18.2. The van der Waals surface area contributed by atoms with E-state index in [1.165, 1.54) is 16.2 Å². The molecule has 1 aromatic rings. The minimum atomic E-state index is -0.636. The lowest BCUT2D eigenvalue weighted by Crippen LogP contribution is -2.68. The molecule has 0 unspecified atom stereocenters. The standard InChI is InChI=1S/C17H21N3O3S2/c1-9-11(25-8-19-9)6-5-10-7-24-15-12(18)14(21)20(15)13(10)16(22)23-17(2,3)4/h5-6,8,12,15H,7,18H2,1-4H3/b6-5-/t12-,15-/m1/s1. The number of thioether (sulfide) groups is 1. The minimum absolute atomic E-state index is 0.197. The predicted octanol–water partition coefficient (Wildman–Crippen LogP) is 2.30. The maximum atomic E-state index is 12.7.